The zero-order chi connectivity index (χ0) is 16.0. The van der Waals surface area contributed by atoms with Gasteiger partial charge in [-0.15, -0.1) is 0 Å². The molecule has 1 atom stereocenters. The van der Waals surface area contributed by atoms with Crippen molar-refractivity contribution in [3.8, 4) is 0 Å². The van der Waals surface area contributed by atoms with E-state index in [4.69, 9.17) is 5.11 Å². The monoisotopic (exact) mass is 326 g/mol. The van der Waals surface area contributed by atoms with Crippen LogP contribution < -0.4 is 4.72 Å². The number of aliphatic hydroxyl groups is 1. The predicted molar refractivity (Wildman–Crippen MR) is 88.2 cm³/mol. The molecule has 1 unspecified atom stereocenters. The molecule has 0 saturated heterocycles. The van der Waals surface area contributed by atoms with Gasteiger partial charge in [0.1, 0.15) is 0 Å². The van der Waals surface area contributed by atoms with Crippen molar-refractivity contribution in [2.24, 2.45) is 0 Å². The predicted octanol–water partition coefficient (Wildman–Crippen LogP) is 1.30. The number of nitrogens with zero attached hydrogens (tertiary/aromatic N) is 1. The minimum Gasteiger partial charge on any atom is -0.396 e. The second-order valence-electron chi connectivity index (χ2n) is 5.89. The fraction of sp³-hybridized carbons (Fsp3) is 0.625. The van der Waals surface area contributed by atoms with Gasteiger partial charge in [0.2, 0.25) is 10.0 Å². The van der Waals surface area contributed by atoms with Crippen LogP contribution in [0.25, 0.3) is 0 Å². The largest absolute Gasteiger partial charge is 0.396 e. The third-order valence-corrected chi connectivity index (χ3v) is 4.87. The fourth-order valence-electron chi connectivity index (χ4n) is 3.18. The van der Waals surface area contributed by atoms with Crippen molar-refractivity contribution in [2.45, 2.75) is 31.7 Å². The molecule has 0 aliphatic heterocycles. The molecule has 0 saturated carbocycles. The number of rotatable bonds is 8. The average molecular weight is 326 g/mol. The van der Waals surface area contributed by atoms with E-state index in [-0.39, 0.29) is 6.61 Å². The summed E-state index contributed by atoms with van der Waals surface area (Å²) in [6.07, 6.45) is 5.23. The van der Waals surface area contributed by atoms with E-state index in [1.807, 2.05) is 0 Å². The highest BCUT2D eigenvalue weighted by molar-refractivity contribution is 7.88. The Morgan fingerprint density at radius 1 is 1.32 bits per heavy atom. The maximum Gasteiger partial charge on any atom is 0.208 e. The zero-order valence-corrected chi connectivity index (χ0v) is 14.0. The molecular formula is C16H26N2O3S. The van der Waals surface area contributed by atoms with Crippen molar-refractivity contribution in [1.29, 1.82) is 0 Å². The van der Waals surface area contributed by atoms with Crippen LogP contribution in [-0.2, 0) is 16.4 Å². The molecule has 2 N–H and O–H groups in total. The number of aryl methyl sites for hydroxylation is 1. The molecule has 1 aliphatic carbocycles. The molecule has 1 aromatic carbocycles. The van der Waals surface area contributed by atoms with E-state index in [9.17, 15) is 8.42 Å². The second kappa shape index (κ2) is 8.06. The van der Waals surface area contributed by atoms with Crippen molar-refractivity contribution >= 4 is 10.0 Å². The Bertz CT molecular complexity index is 575. The molecule has 124 valence electrons. The third kappa shape index (κ3) is 5.05. The maximum atomic E-state index is 11.2. The van der Waals surface area contributed by atoms with Gasteiger partial charge in [0.15, 0.2) is 0 Å². The van der Waals surface area contributed by atoms with Crippen molar-refractivity contribution in [2.75, 3.05) is 32.5 Å². The minimum atomic E-state index is -3.16. The number of hydrogen-bond acceptors (Lipinski definition) is 4. The summed E-state index contributed by atoms with van der Waals surface area (Å²) in [5, 5.41) is 9.13. The number of aliphatic hydroxyl groups excluding tert-OH is 1. The van der Waals surface area contributed by atoms with Crippen molar-refractivity contribution < 1.29 is 13.5 Å². The minimum absolute atomic E-state index is 0.157. The normalized spacial score (nSPS) is 18.4. The first kappa shape index (κ1) is 17.4. The lowest BCUT2D eigenvalue weighted by Gasteiger charge is -2.36. The third-order valence-electron chi connectivity index (χ3n) is 4.15. The lowest BCUT2D eigenvalue weighted by atomic mass is 9.86. The van der Waals surface area contributed by atoms with Gasteiger partial charge in [0, 0.05) is 32.3 Å². The van der Waals surface area contributed by atoms with Crippen LogP contribution >= 0.6 is 0 Å². The summed E-state index contributed by atoms with van der Waals surface area (Å²) in [6.45, 7) is 2.00. The van der Waals surface area contributed by atoms with E-state index in [1.165, 1.54) is 17.4 Å². The SMILES string of the molecule is CS(=O)(=O)NCCN(CCCO)C1CCCc2ccccc21. The molecular weight excluding hydrogens is 300 g/mol. The molecule has 22 heavy (non-hydrogen) atoms. The van der Waals surface area contributed by atoms with Crippen molar-refractivity contribution in [3.63, 3.8) is 0 Å². The highest BCUT2D eigenvalue weighted by Crippen LogP contribution is 2.34. The van der Waals surface area contributed by atoms with Crippen LogP contribution in [0.2, 0.25) is 0 Å². The molecule has 0 fully saturated rings. The molecule has 0 spiro atoms. The van der Waals surface area contributed by atoms with E-state index in [0.717, 1.165) is 25.8 Å². The van der Waals surface area contributed by atoms with Crippen molar-refractivity contribution in [1.82, 2.24) is 9.62 Å². The molecule has 2 rings (SSSR count). The highest BCUT2D eigenvalue weighted by Gasteiger charge is 2.25. The van der Waals surface area contributed by atoms with Gasteiger partial charge >= 0.3 is 0 Å². The van der Waals surface area contributed by atoms with Gasteiger partial charge in [0.25, 0.3) is 0 Å². The number of benzene rings is 1. The van der Waals surface area contributed by atoms with Gasteiger partial charge in [-0.25, -0.2) is 13.1 Å². The number of sulfonamides is 1. The number of fused-ring (bicyclic) bond motifs is 1. The smallest absolute Gasteiger partial charge is 0.208 e. The Kier molecular flexibility index (Phi) is 6.37. The van der Waals surface area contributed by atoms with Crippen LogP contribution in [0.5, 0.6) is 0 Å². The zero-order valence-electron chi connectivity index (χ0n) is 13.2. The average Bonchev–Trinajstić information content (AvgIpc) is 2.49. The molecule has 0 bridgehead atoms. The summed E-state index contributed by atoms with van der Waals surface area (Å²) in [7, 11) is -3.16. The fourth-order valence-corrected chi connectivity index (χ4v) is 3.64. The molecule has 1 aromatic rings. The Morgan fingerprint density at radius 2 is 2.09 bits per heavy atom. The van der Waals surface area contributed by atoms with Crippen LogP contribution in [0.3, 0.4) is 0 Å². The van der Waals surface area contributed by atoms with Crippen LogP contribution in [0.4, 0.5) is 0 Å². The van der Waals surface area contributed by atoms with Crippen LogP contribution in [0, 0.1) is 0 Å². The van der Waals surface area contributed by atoms with Crippen molar-refractivity contribution in [3.05, 3.63) is 35.4 Å². The molecule has 0 heterocycles. The summed E-state index contributed by atoms with van der Waals surface area (Å²) in [5.74, 6) is 0. The topological polar surface area (TPSA) is 69.6 Å². The van der Waals surface area contributed by atoms with Gasteiger partial charge in [0.05, 0.1) is 6.26 Å². The Morgan fingerprint density at radius 3 is 2.82 bits per heavy atom. The van der Waals surface area contributed by atoms with Crippen LogP contribution in [0.1, 0.15) is 36.4 Å². The lowest BCUT2D eigenvalue weighted by Crippen LogP contribution is -2.38. The molecule has 1 aliphatic rings. The molecule has 0 aromatic heterocycles. The molecule has 5 nitrogen and oxygen atoms in total. The maximum absolute atomic E-state index is 11.2. The van der Waals surface area contributed by atoms with Gasteiger partial charge in [-0.3, -0.25) is 4.90 Å². The Labute approximate surface area is 133 Å². The quantitative estimate of drug-likeness (QED) is 0.755. The summed E-state index contributed by atoms with van der Waals surface area (Å²) in [6, 6.07) is 8.81. The summed E-state index contributed by atoms with van der Waals surface area (Å²) >= 11 is 0. The second-order valence-corrected chi connectivity index (χ2v) is 7.72. The molecule has 0 amide bonds. The number of hydrogen-bond donors (Lipinski definition) is 2. The summed E-state index contributed by atoms with van der Waals surface area (Å²) < 4.78 is 25.0. The summed E-state index contributed by atoms with van der Waals surface area (Å²) in [4.78, 5) is 2.30. The standard InChI is InChI=1S/C16H26N2O3S/c1-22(20,21)17-10-12-18(11-5-13-19)16-9-4-7-14-6-2-3-8-15(14)16/h2-3,6,8,16-17,19H,4-5,7,9-13H2,1H3. The first-order valence-corrected chi connectivity index (χ1v) is 9.78. The van der Waals surface area contributed by atoms with Gasteiger partial charge in [-0.1, -0.05) is 24.3 Å². The molecule has 6 heteroatoms. The Balaban J connectivity index is 2.08. The number of nitrogens with one attached hydrogen (secondary N) is 1. The van der Waals surface area contributed by atoms with E-state index in [2.05, 4.69) is 33.9 Å². The Hall–Kier alpha value is -0.950. The van der Waals surface area contributed by atoms with Crippen LogP contribution in [0.15, 0.2) is 24.3 Å². The summed E-state index contributed by atoms with van der Waals surface area (Å²) in [5.41, 5.74) is 2.75. The lowest BCUT2D eigenvalue weighted by molar-refractivity contribution is 0.162. The first-order valence-electron chi connectivity index (χ1n) is 7.88. The van der Waals surface area contributed by atoms with Crippen LogP contribution in [-0.4, -0.2) is 50.9 Å². The van der Waals surface area contributed by atoms with Gasteiger partial charge < -0.3 is 5.11 Å². The van der Waals surface area contributed by atoms with E-state index in [1.54, 1.807) is 0 Å². The molecule has 0 radical (unpaired) electrons. The first-order chi connectivity index (χ1) is 10.5. The highest BCUT2D eigenvalue weighted by atomic mass is 32.2. The van der Waals surface area contributed by atoms with Gasteiger partial charge in [-0.05, 0) is 36.8 Å². The van der Waals surface area contributed by atoms with E-state index in [0.29, 0.717) is 25.6 Å². The van der Waals surface area contributed by atoms with Gasteiger partial charge in [-0.2, -0.15) is 0 Å². The van der Waals surface area contributed by atoms with E-state index < -0.39 is 10.0 Å². The van der Waals surface area contributed by atoms with E-state index >= 15 is 0 Å².